The van der Waals surface area contributed by atoms with Gasteiger partial charge < -0.3 is 5.32 Å². The molecule has 0 aromatic carbocycles. The Balaban J connectivity index is 2.06. The average molecular weight is 250 g/mol. The van der Waals surface area contributed by atoms with Gasteiger partial charge in [0.05, 0.1) is 5.69 Å². The molecule has 2 rings (SSSR count). The Hall–Kier alpha value is -0.870. The molecule has 1 unspecified atom stereocenters. The predicted octanol–water partition coefficient (Wildman–Crippen LogP) is 2.04. The molecule has 1 atom stereocenters. The molecule has 1 aromatic rings. The minimum Gasteiger partial charge on any atom is -0.311 e. The van der Waals surface area contributed by atoms with Crippen molar-refractivity contribution in [1.82, 2.24) is 20.0 Å². The van der Waals surface area contributed by atoms with Gasteiger partial charge in [-0.3, -0.25) is 9.58 Å². The zero-order chi connectivity index (χ0) is 13.3. The van der Waals surface area contributed by atoms with E-state index in [4.69, 9.17) is 0 Å². The van der Waals surface area contributed by atoms with Crippen molar-refractivity contribution in [1.29, 1.82) is 0 Å². The standard InChI is InChI=1S/C14H26N4/c1-11(2)18-7-6-13(16-18)9-17-8-12(3)15-10-14(17,4)5/h6-7,11-12,15H,8-10H2,1-5H3. The summed E-state index contributed by atoms with van der Waals surface area (Å²) in [6, 6.07) is 3.14. The first-order valence-electron chi connectivity index (χ1n) is 6.91. The quantitative estimate of drug-likeness (QED) is 0.891. The van der Waals surface area contributed by atoms with Crippen LogP contribution in [0.4, 0.5) is 0 Å². The summed E-state index contributed by atoms with van der Waals surface area (Å²) in [5.74, 6) is 0. The van der Waals surface area contributed by atoms with Crippen molar-refractivity contribution in [2.75, 3.05) is 13.1 Å². The molecule has 18 heavy (non-hydrogen) atoms. The average Bonchev–Trinajstić information content (AvgIpc) is 2.73. The Morgan fingerprint density at radius 1 is 1.50 bits per heavy atom. The molecular formula is C14H26N4. The number of nitrogens with one attached hydrogen (secondary N) is 1. The summed E-state index contributed by atoms with van der Waals surface area (Å²) in [4.78, 5) is 2.53. The lowest BCUT2D eigenvalue weighted by Crippen LogP contribution is -2.60. The number of hydrogen-bond donors (Lipinski definition) is 1. The lowest BCUT2D eigenvalue weighted by atomic mass is 9.97. The van der Waals surface area contributed by atoms with Crippen LogP contribution in [0.2, 0.25) is 0 Å². The molecule has 4 nitrogen and oxygen atoms in total. The Morgan fingerprint density at radius 2 is 2.22 bits per heavy atom. The van der Waals surface area contributed by atoms with E-state index in [9.17, 15) is 0 Å². The van der Waals surface area contributed by atoms with Gasteiger partial charge in [-0.2, -0.15) is 5.10 Å². The first kappa shape index (κ1) is 13.6. The lowest BCUT2D eigenvalue weighted by Gasteiger charge is -2.45. The third kappa shape index (κ3) is 2.93. The minimum absolute atomic E-state index is 0.203. The van der Waals surface area contributed by atoms with Crippen LogP contribution in [0, 0.1) is 0 Å². The highest BCUT2D eigenvalue weighted by Crippen LogP contribution is 2.21. The van der Waals surface area contributed by atoms with Gasteiger partial charge in [-0.05, 0) is 40.7 Å². The molecule has 1 aromatic heterocycles. The largest absolute Gasteiger partial charge is 0.311 e. The van der Waals surface area contributed by atoms with Gasteiger partial charge in [0.15, 0.2) is 0 Å². The predicted molar refractivity (Wildman–Crippen MR) is 74.6 cm³/mol. The molecule has 1 aliphatic rings. The van der Waals surface area contributed by atoms with Crippen molar-refractivity contribution in [3.05, 3.63) is 18.0 Å². The third-order valence-electron chi connectivity index (χ3n) is 3.78. The first-order chi connectivity index (χ1) is 8.38. The molecule has 1 aliphatic heterocycles. The highest BCUT2D eigenvalue weighted by molar-refractivity contribution is 5.02. The van der Waals surface area contributed by atoms with Gasteiger partial charge in [0, 0.05) is 43.5 Å². The van der Waals surface area contributed by atoms with Gasteiger partial charge in [-0.25, -0.2) is 0 Å². The van der Waals surface area contributed by atoms with E-state index in [0.29, 0.717) is 12.1 Å². The van der Waals surface area contributed by atoms with Crippen LogP contribution in [0.3, 0.4) is 0 Å². The summed E-state index contributed by atoms with van der Waals surface area (Å²) in [6.45, 7) is 14.2. The maximum absolute atomic E-state index is 4.65. The maximum Gasteiger partial charge on any atom is 0.0765 e. The second kappa shape index (κ2) is 5.02. The van der Waals surface area contributed by atoms with Crippen LogP contribution in [0.1, 0.15) is 46.4 Å². The van der Waals surface area contributed by atoms with Crippen molar-refractivity contribution < 1.29 is 0 Å². The molecule has 4 heteroatoms. The van der Waals surface area contributed by atoms with Gasteiger partial charge in [0.1, 0.15) is 0 Å². The highest BCUT2D eigenvalue weighted by Gasteiger charge is 2.32. The molecule has 0 bridgehead atoms. The van der Waals surface area contributed by atoms with Crippen LogP contribution < -0.4 is 5.32 Å². The monoisotopic (exact) mass is 250 g/mol. The zero-order valence-electron chi connectivity index (χ0n) is 12.3. The van der Waals surface area contributed by atoms with Crippen molar-refractivity contribution in [2.45, 2.75) is 58.8 Å². The smallest absolute Gasteiger partial charge is 0.0765 e. The molecule has 1 fully saturated rings. The van der Waals surface area contributed by atoms with Crippen LogP contribution >= 0.6 is 0 Å². The molecular weight excluding hydrogens is 224 g/mol. The second-order valence-corrected chi connectivity index (χ2v) is 6.36. The van der Waals surface area contributed by atoms with E-state index in [1.807, 2.05) is 4.68 Å². The Kier molecular flexibility index (Phi) is 3.78. The number of nitrogens with zero attached hydrogens (tertiary/aromatic N) is 3. The SMILES string of the molecule is CC1CN(Cc2ccn(C(C)C)n2)C(C)(C)CN1. The van der Waals surface area contributed by atoms with E-state index in [2.05, 4.69) is 62.2 Å². The fourth-order valence-electron chi connectivity index (χ4n) is 2.40. The normalized spacial score (nSPS) is 24.7. The summed E-state index contributed by atoms with van der Waals surface area (Å²) in [5, 5.41) is 8.19. The summed E-state index contributed by atoms with van der Waals surface area (Å²) >= 11 is 0. The fourth-order valence-corrected chi connectivity index (χ4v) is 2.40. The molecule has 0 radical (unpaired) electrons. The van der Waals surface area contributed by atoms with Crippen LogP contribution in [-0.2, 0) is 6.54 Å². The summed E-state index contributed by atoms with van der Waals surface area (Å²) in [5.41, 5.74) is 1.37. The Bertz CT molecular complexity index is 394. The van der Waals surface area contributed by atoms with Crippen molar-refractivity contribution in [2.24, 2.45) is 0 Å². The number of aromatic nitrogens is 2. The summed E-state index contributed by atoms with van der Waals surface area (Å²) < 4.78 is 2.04. The maximum atomic E-state index is 4.65. The van der Waals surface area contributed by atoms with Crippen LogP contribution in [0.25, 0.3) is 0 Å². The molecule has 0 spiro atoms. The molecule has 2 heterocycles. The van der Waals surface area contributed by atoms with Gasteiger partial charge >= 0.3 is 0 Å². The molecule has 1 saturated heterocycles. The van der Waals surface area contributed by atoms with Crippen molar-refractivity contribution >= 4 is 0 Å². The van der Waals surface area contributed by atoms with Gasteiger partial charge in [-0.1, -0.05) is 0 Å². The van der Waals surface area contributed by atoms with E-state index in [1.54, 1.807) is 0 Å². The molecule has 0 amide bonds. The highest BCUT2D eigenvalue weighted by atomic mass is 15.3. The van der Waals surface area contributed by atoms with Crippen LogP contribution in [-0.4, -0.2) is 39.4 Å². The lowest BCUT2D eigenvalue weighted by molar-refractivity contribution is 0.0612. The third-order valence-corrected chi connectivity index (χ3v) is 3.78. The van der Waals surface area contributed by atoms with Gasteiger partial charge in [-0.15, -0.1) is 0 Å². The van der Waals surface area contributed by atoms with E-state index >= 15 is 0 Å². The summed E-state index contributed by atoms with van der Waals surface area (Å²) in [6.07, 6.45) is 2.08. The second-order valence-electron chi connectivity index (χ2n) is 6.36. The van der Waals surface area contributed by atoms with E-state index in [1.165, 1.54) is 5.69 Å². The van der Waals surface area contributed by atoms with E-state index < -0.39 is 0 Å². The van der Waals surface area contributed by atoms with E-state index in [-0.39, 0.29) is 5.54 Å². The Labute approximate surface area is 110 Å². The number of hydrogen-bond acceptors (Lipinski definition) is 3. The fraction of sp³-hybridized carbons (Fsp3) is 0.786. The Morgan fingerprint density at radius 3 is 2.83 bits per heavy atom. The van der Waals surface area contributed by atoms with Gasteiger partial charge in [0.2, 0.25) is 0 Å². The first-order valence-corrected chi connectivity index (χ1v) is 6.91. The number of piperazine rings is 1. The molecule has 0 aliphatic carbocycles. The van der Waals surface area contributed by atoms with Crippen LogP contribution in [0.5, 0.6) is 0 Å². The molecule has 0 saturated carbocycles. The van der Waals surface area contributed by atoms with Crippen LogP contribution in [0.15, 0.2) is 12.3 Å². The minimum atomic E-state index is 0.203. The van der Waals surface area contributed by atoms with E-state index in [0.717, 1.165) is 19.6 Å². The van der Waals surface area contributed by atoms with Crippen molar-refractivity contribution in [3.8, 4) is 0 Å². The molecule has 1 N–H and O–H groups in total. The summed E-state index contributed by atoms with van der Waals surface area (Å²) in [7, 11) is 0. The number of rotatable bonds is 3. The topological polar surface area (TPSA) is 33.1 Å². The van der Waals surface area contributed by atoms with Gasteiger partial charge in [0.25, 0.3) is 0 Å². The van der Waals surface area contributed by atoms with Crippen molar-refractivity contribution in [3.63, 3.8) is 0 Å². The zero-order valence-corrected chi connectivity index (χ0v) is 12.3. The molecule has 102 valence electrons.